The van der Waals surface area contributed by atoms with Gasteiger partial charge in [0.15, 0.2) is 6.29 Å². The van der Waals surface area contributed by atoms with E-state index >= 15 is 0 Å². The van der Waals surface area contributed by atoms with Gasteiger partial charge in [0, 0.05) is 44.8 Å². The normalized spacial score (nSPS) is 41.1. The van der Waals surface area contributed by atoms with Crippen LogP contribution in [-0.4, -0.2) is 128 Å². The topological polar surface area (TPSA) is 130 Å². The largest absolute Gasteiger partial charge is 0.461 e. The summed E-state index contributed by atoms with van der Waals surface area (Å²) in [5, 5.41) is 26.4. The van der Waals surface area contributed by atoms with E-state index in [1.54, 1.807) is 13.8 Å². The minimum absolute atomic E-state index is 0.0936. The monoisotopic (exact) mass is 585 g/mol. The minimum atomic E-state index is -1.38. The Bertz CT molecular complexity index is 852. The highest BCUT2D eigenvalue weighted by Gasteiger charge is 2.49. The fourth-order valence-corrected chi connectivity index (χ4v) is 6.83. The van der Waals surface area contributed by atoms with E-state index in [2.05, 4.69) is 17.1 Å². The lowest BCUT2D eigenvalue weighted by molar-refractivity contribution is -0.299. The fourth-order valence-electron chi connectivity index (χ4n) is 6.83. The van der Waals surface area contributed by atoms with E-state index < -0.39 is 42.0 Å². The third-order valence-electron chi connectivity index (χ3n) is 9.06. The summed E-state index contributed by atoms with van der Waals surface area (Å²) in [7, 11) is 5.81. The van der Waals surface area contributed by atoms with Gasteiger partial charge >= 0.3 is 5.97 Å². The van der Waals surface area contributed by atoms with Crippen molar-refractivity contribution in [2.45, 2.75) is 103 Å². The smallest absolute Gasteiger partial charge is 0.309 e. The summed E-state index contributed by atoms with van der Waals surface area (Å²) in [5.41, 5.74) is -1.38. The quantitative estimate of drug-likeness (QED) is 0.405. The highest BCUT2D eigenvalue weighted by atomic mass is 16.7. The Kier molecular flexibility index (Phi) is 12.4. The first-order valence-corrected chi connectivity index (χ1v) is 15.3. The number of aliphatic hydroxyl groups excluding tert-OH is 1. The molecule has 0 saturated carbocycles. The Morgan fingerprint density at radius 1 is 1.17 bits per heavy atom. The highest BCUT2D eigenvalue weighted by molar-refractivity contribution is 5.80. The zero-order chi connectivity index (χ0) is 30.5. The van der Waals surface area contributed by atoms with E-state index in [1.807, 2.05) is 39.9 Å². The second kappa shape index (κ2) is 14.9. The van der Waals surface area contributed by atoms with Gasteiger partial charge in [-0.1, -0.05) is 20.8 Å². The van der Waals surface area contributed by atoms with Gasteiger partial charge in [0.1, 0.15) is 12.2 Å². The van der Waals surface area contributed by atoms with Crippen LogP contribution in [0.3, 0.4) is 0 Å². The van der Waals surface area contributed by atoms with Crippen LogP contribution in [0.4, 0.5) is 0 Å². The summed E-state index contributed by atoms with van der Waals surface area (Å²) >= 11 is 0. The number of hydrogen-bond donors (Lipinski definition) is 3. The summed E-state index contributed by atoms with van der Waals surface area (Å²) in [6.07, 6.45) is -1.76. The maximum atomic E-state index is 13.4. The van der Waals surface area contributed by atoms with Crippen molar-refractivity contribution in [3.05, 3.63) is 0 Å². The van der Waals surface area contributed by atoms with Gasteiger partial charge in [-0.25, -0.2) is 0 Å². The SMILES string of the molecule is CC1C(=O)NCCN(C)C[C@H](C)C[C@@](C)(O)[C@H](O[C@@H]2O[C@H](C)CC(N(C)C)[C@H]2O)[C@@H](C)[C@@H]1OC(=O)C1CCOCC1. The van der Waals surface area contributed by atoms with E-state index in [-0.39, 0.29) is 35.9 Å². The van der Waals surface area contributed by atoms with Gasteiger partial charge in [-0.05, 0) is 66.6 Å². The molecule has 3 heterocycles. The Morgan fingerprint density at radius 2 is 1.83 bits per heavy atom. The van der Waals surface area contributed by atoms with Crippen molar-refractivity contribution in [1.82, 2.24) is 15.1 Å². The van der Waals surface area contributed by atoms with E-state index in [0.717, 1.165) is 0 Å². The molecule has 0 aliphatic carbocycles. The van der Waals surface area contributed by atoms with Gasteiger partial charge in [0.2, 0.25) is 5.91 Å². The number of nitrogens with one attached hydrogen (secondary N) is 1. The number of carbonyl (C=O) groups is 2. The molecule has 3 N–H and O–H groups in total. The van der Waals surface area contributed by atoms with Gasteiger partial charge in [0.25, 0.3) is 0 Å². The zero-order valence-corrected chi connectivity index (χ0v) is 26.4. The average Bonchev–Trinajstić information content (AvgIpc) is 2.90. The van der Waals surface area contributed by atoms with E-state index in [4.69, 9.17) is 18.9 Å². The molecule has 3 saturated heterocycles. The van der Waals surface area contributed by atoms with Crippen molar-refractivity contribution in [3.8, 4) is 0 Å². The van der Waals surface area contributed by atoms with Crippen LogP contribution in [0, 0.1) is 23.7 Å². The molecule has 0 radical (unpaired) electrons. The summed E-state index contributed by atoms with van der Waals surface area (Å²) in [5.74, 6) is -2.12. The molecule has 3 aliphatic rings. The van der Waals surface area contributed by atoms with Crippen LogP contribution in [0.2, 0.25) is 0 Å². The molecule has 3 rings (SSSR count). The van der Waals surface area contributed by atoms with Crippen LogP contribution in [0.5, 0.6) is 0 Å². The Labute approximate surface area is 246 Å². The van der Waals surface area contributed by atoms with Crippen LogP contribution in [0.1, 0.15) is 60.3 Å². The lowest BCUT2D eigenvalue weighted by atomic mass is 9.77. The maximum Gasteiger partial charge on any atom is 0.309 e. The molecule has 3 aliphatic heterocycles. The van der Waals surface area contributed by atoms with Crippen LogP contribution in [-0.2, 0) is 28.5 Å². The van der Waals surface area contributed by atoms with Crippen LogP contribution < -0.4 is 5.32 Å². The van der Waals surface area contributed by atoms with Crippen LogP contribution in [0.15, 0.2) is 0 Å². The Morgan fingerprint density at radius 3 is 2.46 bits per heavy atom. The van der Waals surface area contributed by atoms with Crippen molar-refractivity contribution < 1.29 is 38.7 Å². The third-order valence-corrected chi connectivity index (χ3v) is 9.06. The van der Waals surface area contributed by atoms with E-state index in [1.165, 1.54) is 0 Å². The number of esters is 1. The second-order valence-electron chi connectivity index (χ2n) is 13.3. The van der Waals surface area contributed by atoms with Crippen molar-refractivity contribution in [3.63, 3.8) is 0 Å². The number of carbonyl (C=O) groups excluding carboxylic acids is 2. The molecule has 10 atom stereocenters. The van der Waals surface area contributed by atoms with Crippen molar-refractivity contribution >= 4 is 11.9 Å². The lowest BCUT2D eigenvalue weighted by Crippen LogP contribution is -2.59. The summed E-state index contributed by atoms with van der Waals surface area (Å²) in [4.78, 5) is 30.8. The molecule has 238 valence electrons. The number of likely N-dealkylation sites (N-methyl/N-ethyl adjacent to an activating group) is 2. The van der Waals surface area contributed by atoms with E-state index in [9.17, 15) is 19.8 Å². The predicted molar refractivity (Wildman–Crippen MR) is 154 cm³/mol. The molecule has 11 heteroatoms. The molecule has 0 spiro atoms. The first-order valence-electron chi connectivity index (χ1n) is 15.3. The molecule has 41 heavy (non-hydrogen) atoms. The molecule has 11 nitrogen and oxygen atoms in total. The van der Waals surface area contributed by atoms with Gasteiger partial charge in [-0.15, -0.1) is 0 Å². The molecule has 1 amide bonds. The Hall–Kier alpha value is -1.34. The highest BCUT2D eigenvalue weighted by Crippen LogP contribution is 2.36. The third kappa shape index (κ3) is 9.08. The number of hydrogen-bond acceptors (Lipinski definition) is 10. The second-order valence-corrected chi connectivity index (χ2v) is 13.3. The standard InChI is InChI=1S/C30H55N3O8/c1-18-16-30(5,37)26(41-29-24(34)23(32(6)7)15-19(2)39-29)20(3)25(40-28(36)22-9-13-38-14-10-22)21(4)27(35)31-11-12-33(8)17-18/h18-26,29,34,37H,9-17H2,1-8H3,(H,31,35)/t18-,19-,20+,21?,23?,24-,25+,26-,29+,30-/m1/s1. The summed E-state index contributed by atoms with van der Waals surface area (Å²) in [6, 6.07) is -0.196. The van der Waals surface area contributed by atoms with Crippen molar-refractivity contribution in [2.24, 2.45) is 23.7 Å². The van der Waals surface area contributed by atoms with Gasteiger partial charge in [-0.2, -0.15) is 0 Å². The van der Waals surface area contributed by atoms with Gasteiger partial charge in [-0.3, -0.25) is 9.59 Å². The van der Waals surface area contributed by atoms with Crippen molar-refractivity contribution in [1.29, 1.82) is 0 Å². The lowest BCUT2D eigenvalue weighted by Gasteiger charge is -2.47. The molecular weight excluding hydrogens is 530 g/mol. The maximum absolute atomic E-state index is 13.4. The fraction of sp³-hybridized carbons (Fsp3) is 0.933. The summed E-state index contributed by atoms with van der Waals surface area (Å²) in [6.45, 7) is 12.2. The van der Waals surface area contributed by atoms with Gasteiger partial charge < -0.3 is 44.3 Å². The minimum Gasteiger partial charge on any atom is -0.461 e. The molecule has 0 aromatic rings. The molecular formula is C30H55N3O8. The van der Waals surface area contributed by atoms with Gasteiger partial charge in [0.05, 0.1) is 29.6 Å². The molecule has 2 unspecified atom stereocenters. The summed E-state index contributed by atoms with van der Waals surface area (Å²) < 4.78 is 24.3. The first kappa shape index (κ1) is 34.2. The Balaban J connectivity index is 1.99. The molecule has 0 aromatic heterocycles. The van der Waals surface area contributed by atoms with Crippen molar-refractivity contribution in [2.75, 3.05) is 54.0 Å². The number of amides is 1. The molecule has 0 aromatic carbocycles. The number of rotatable bonds is 5. The number of nitrogens with zero attached hydrogens (tertiary/aromatic N) is 2. The zero-order valence-electron chi connectivity index (χ0n) is 26.4. The van der Waals surface area contributed by atoms with E-state index in [0.29, 0.717) is 58.5 Å². The van der Waals surface area contributed by atoms with Crippen LogP contribution >= 0.6 is 0 Å². The first-order chi connectivity index (χ1) is 19.2. The predicted octanol–water partition coefficient (Wildman–Crippen LogP) is 1.25. The average molecular weight is 586 g/mol. The number of ether oxygens (including phenoxy) is 4. The molecule has 0 bridgehead atoms. The number of aliphatic hydroxyl groups is 2. The molecule has 3 fully saturated rings. The van der Waals surface area contributed by atoms with Crippen LogP contribution in [0.25, 0.3) is 0 Å².